The van der Waals surface area contributed by atoms with Crippen LogP contribution in [0.25, 0.3) is 0 Å². The maximum Gasteiger partial charge on any atom is 0.261 e. The first-order chi connectivity index (χ1) is 14.1. The second kappa shape index (κ2) is 8.66. The van der Waals surface area contributed by atoms with Gasteiger partial charge in [-0.3, -0.25) is 9.52 Å². The van der Waals surface area contributed by atoms with Crippen molar-refractivity contribution in [3.05, 3.63) is 84.4 Å². The van der Waals surface area contributed by atoms with Gasteiger partial charge in [0.1, 0.15) is 0 Å². The molecule has 0 radical (unpaired) electrons. The van der Waals surface area contributed by atoms with Crippen molar-refractivity contribution in [1.29, 1.82) is 0 Å². The van der Waals surface area contributed by atoms with E-state index in [9.17, 15) is 21.6 Å². The fourth-order valence-electron chi connectivity index (χ4n) is 2.66. The molecule has 0 aromatic heterocycles. The highest BCUT2D eigenvalue weighted by Crippen LogP contribution is 2.20. The molecule has 0 aliphatic carbocycles. The third-order valence-corrected chi connectivity index (χ3v) is 6.40. The van der Waals surface area contributed by atoms with Crippen LogP contribution in [-0.2, 0) is 31.3 Å². The number of anilines is 2. The number of benzene rings is 3. The molecule has 0 heterocycles. The Labute approximate surface area is 174 Å². The molecule has 0 unspecified atom stereocenters. The smallest absolute Gasteiger partial charge is 0.261 e. The molecule has 4 N–H and O–H groups in total. The van der Waals surface area contributed by atoms with Gasteiger partial charge in [-0.05, 0) is 48.0 Å². The van der Waals surface area contributed by atoms with E-state index in [-0.39, 0.29) is 22.1 Å². The maximum atomic E-state index is 12.4. The number of carbonyl (C=O) groups is 1. The van der Waals surface area contributed by atoms with Gasteiger partial charge in [0, 0.05) is 5.69 Å². The zero-order chi connectivity index (χ0) is 21.8. The summed E-state index contributed by atoms with van der Waals surface area (Å²) in [6.45, 7) is 0. The lowest BCUT2D eigenvalue weighted by Gasteiger charge is -2.10. The summed E-state index contributed by atoms with van der Waals surface area (Å²) >= 11 is 0. The Bertz CT molecular complexity index is 1260. The molecule has 30 heavy (non-hydrogen) atoms. The average molecular weight is 446 g/mol. The molecule has 3 aromatic carbocycles. The quantitative estimate of drug-likeness (QED) is 0.513. The van der Waals surface area contributed by atoms with Crippen LogP contribution in [0.5, 0.6) is 0 Å². The number of rotatable bonds is 7. The molecule has 0 aliphatic heterocycles. The van der Waals surface area contributed by atoms with Gasteiger partial charge in [0.05, 0.1) is 21.9 Å². The molecule has 156 valence electrons. The molecule has 0 fully saturated rings. The van der Waals surface area contributed by atoms with Crippen LogP contribution in [0, 0.1) is 0 Å². The normalized spacial score (nSPS) is 11.6. The van der Waals surface area contributed by atoms with E-state index >= 15 is 0 Å². The van der Waals surface area contributed by atoms with E-state index in [0.717, 1.165) is 0 Å². The van der Waals surface area contributed by atoms with Crippen LogP contribution < -0.4 is 15.2 Å². The lowest BCUT2D eigenvalue weighted by Crippen LogP contribution is -2.16. The van der Waals surface area contributed by atoms with Gasteiger partial charge in [-0.2, -0.15) is 0 Å². The first-order valence-electron chi connectivity index (χ1n) is 8.73. The van der Waals surface area contributed by atoms with E-state index in [1.165, 1.54) is 42.5 Å². The van der Waals surface area contributed by atoms with Crippen LogP contribution in [0.3, 0.4) is 0 Å². The Morgan fingerprint density at radius 2 is 1.40 bits per heavy atom. The number of hydrogen-bond acceptors (Lipinski definition) is 5. The Kier molecular flexibility index (Phi) is 6.20. The Hall–Kier alpha value is -3.21. The van der Waals surface area contributed by atoms with Crippen LogP contribution in [0.4, 0.5) is 11.4 Å². The van der Waals surface area contributed by atoms with Gasteiger partial charge in [0.2, 0.25) is 15.9 Å². The largest absolute Gasteiger partial charge is 0.326 e. The first kappa shape index (κ1) is 21.5. The minimum absolute atomic E-state index is 0.00483. The first-order valence-corrected chi connectivity index (χ1v) is 11.8. The highest BCUT2D eigenvalue weighted by Gasteiger charge is 2.14. The summed E-state index contributed by atoms with van der Waals surface area (Å²) in [6.07, 6.45) is 0.00483. The van der Waals surface area contributed by atoms with Crippen LogP contribution in [-0.4, -0.2) is 22.7 Å². The molecule has 3 rings (SSSR count). The van der Waals surface area contributed by atoms with E-state index in [0.29, 0.717) is 16.9 Å². The number of nitrogens with two attached hydrogens (primary N) is 1. The standard InChI is InChI=1S/C20H19N3O5S2/c21-29(25,26)18-11-9-15(10-12-18)13-20(24)22-16-5-4-6-17(14-16)23-30(27,28)19-7-2-1-3-8-19/h1-12,14,23H,13H2,(H,22,24)(H2,21,25,26). The number of carbonyl (C=O) groups excluding carboxylic acids is 1. The van der Waals surface area contributed by atoms with E-state index < -0.39 is 20.0 Å². The molecular formula is C20H19N3O5S2. The summed E-state index contributed by atoms with van der Waals surface area (Å²) < 4.78 is 49.9. The molecule has 0 aliphatic rings. The van der Waals surface area contributed by atoms with Crippen molar-refractivity contribution in [1.82, 2.24) is 0 Å². The number of sulfonamides is 2. The lowest BCUT2D eigenvalue weighted by molar-refractivity contribution is -0.115. The van der Waals surface area contributed by atoms with Gasteiger partial charge in [-0.15, -0.1) is 0 Å². The summed E-state index contributed by atoms with van der Waals surface area (Å²) in [5.41, 5.74) is 1.31. The molecule has 0 atom stereocenters. The van der Waals surface area contributed by atoms with Crippen molar-refractivity contribution in [3.63, 3.8) is 0 Å². The summed E-state index contributed by atoms with van der Waals surface area (Å²) in [7, 11) is -7.54. The van der Waals surface area contributed by atoms with Crippen LogP contribution in [0.1, 0.15) is 5.56 Å². The fourth-order valence-corrected chi connectivity index (χ4v) is 4.25. The van der Waals surface area contributed by atoms with Gasteiger partial charge in [0.15, 0.2) is 0 Å². The third kappa shape index (κ3) is 5.66. The molecule has 0 spiro atoms. The van der Waals surface area contributed by atoms with E-state index in [2.05, 4.69) is 10.0 Å². The van der Waals surface area contributed by atoms with Crippen molar-refractivity contribution >= 4 is 37.3 Å². The van der Waals surface area contributed by atoms with Crippen LogP contribution in [0.2, 0.25) is 0 Å². The van der Waals surface area contributed by atoms with Crippen molar-refractivity contribution < 1.29 is 21.6 Å². The highest BCUT2D eigenvalue weighted by molar-refractivity contribution is 7.92. The number of primary sulfonamides is 1. The van der Waals surface area contributed by atoms with E-state index in [1.807, 2.05) is 0 Å². The second-order valence-electron chi connectivity index (χ2n) is 6.41. The Morgan fingerprint density at radius 3 is 2.03 bits per heavy atom. The molecule has 10 heteroatoms. The van der Waals surface area contributed by atoms with Gasteiger partial charge < -0.3 is 5.32 Å². The maximum absolute atomic E-state index is 12.4. The lowest BCUT2D eigenvalue weighted by atomic mass is 10.1. The number of nitrogens with one attached hydrogen (secondary N) is 2. The summed E-state index contributed by atoms with van der Waals surface area (Å²) in [5.74, 6) is -0.346. The second-order valence-corrected chi connectivity index (χ2v) is 9.66. The van der Waals surface area contributed by atoms with Crippen molar-refractivity contribution in [2.24, 2.45) is 5.14 Å². The van der Waals surface area contributed by atoms with Crippen molar-refractivity contribution in [2.75, 3.05) is 10.0 Å². The summed E-state index contributed by atoms with van der Waals surface area (Å²) in [4.78, 5) is 12.4. The fraction of sp³-hybridized carbons (Fsp3) is 0.0500. The topological polar surface area (TPSA) is 135 Å². The number of hydrogen-bond donors (Lipinski definition) is 3. The monoisotopic (exact) mass is 445 g/mol. The molecule has 3 aromatic rings. The van der Waals surface area contributed by atoms with Gasteiger partial charge in [-0.1, -0.05) is 36.4 Å². The minimum atomic E-state index is -3.79. The van der Waals surface area contributed by atoms with Crippen LogP contribution >= 0.6 is 0 Å². The van der Waals surface area contributed by atoms with Gasteiger partial charge in [0.25, 0.3) is 10.0 Å². The molecule has 0 saturated carbocycles. The van der Waals surface area contributed by atoms with Crippen molar-refractivity contribution in [2.45, 2.75) is 16.2 Å². The zero-order valence-electron chi connectivity index (χ0n) is 15.6. The third-order valence-electron chi connectivity index (χ3n) is 4.07. The number of amides is 1. The molecule has 1 amide bonds. The van der Waals surface area contributed by atoms with Crippen molar-refractivity contribution in [3.8, 4) is 0 Å². The predicted octanol–water partition coefficient (Wildman–Crippen LogP) is 2.32. The van der Waals surface area contributed by atoms with E-state index in [1.54, 1.807) is 36.4 Å². The molecule has 8 nitrogen and oxygen atoms in total. The average Bonchev–Trinajstić information content (AvgIpc) is 2.68. The Balaban J connectivity index is 1.67. The predicted molar refractivity (Wildman–Crippen MR) is 114 cm³/mol. The van der Waals surface area contributed by atoms with E-state index in [4.69, 9.17) is 5.14 Å². The zero-order valence-corrected chi connectivity index (χ0v) is 17.3. The molecule has 0 saturated heterocycles. The summed E-state index contributed by atoms with van der Waals surface area (Å²) in [6, 6.07) is 19.9. The van der Waals surface area contributed by atoms with Gasteiger partial charge >= 0.3 is 0 Å². The highest BCUT2D eigenvalue weighted by atomic mass is 32.2. The SMILES string of the molecule is NS(=O)(=O)c1ccc(CC(=O)Nc2cccc(NS(=O)(=O)c3ccccc3)c2)cc1. The Morgan fingerprint density at radius 1 is 0.767 bits per heavy atom. The van der Waals surface area contributed by atoms with Crippen LogP contribution in [0.15, 0.2) is 88.7 Å². The molecule has 0 bridgehead atoms. The van der Waals surface area contributed by atoms with Gasteiger partial charge in [-0.25, -0.2) is 22.0 Å². The molecular weight excluding hydrogens is 426 g/mol. The minimum Gasteiger partial charge on any atom is -0.326 e. The summed E-state index contributed by atoms with van der Waals surface area (Å²) in [5, 5.41) is 7.73.